The van der Waals surface area contributed by atoms with E-state index in [2.05, 4.69) is 4.72 Å². The highest BCUT2D eigenvalue weighted by Crippen LogP contribution is 2.57. The average Bonchev–Trinajstić information content (AvgIpc) is 3.07. The number of aliphatic hydroxyl groups excluding tert-OH is 1. The standard InChI is InChI=1S/C37H41NO9S2/c1-37(2,3)49(46)38-28-19-11-4-12-21(20-39)48-36-31(24-15-7-10-18-27(24)35(44)45)29(22-13-5-8-16-25(22)33(40)41)30(32(28)47-36)23-14-6-9-17-26(23)34(42)43/h4-11,13-18,21,28-32,36,38-39H,12,19-20H2,1-3H3,(H,40,41)(H,42,43)(H,44,45)/b11-4-/t21?,28-,29+,30-,31+,32+,36-,49?/m1/s1. The number of carbonyl (C=O) groups is 3. The van der Waals surface area contributed by atoms with Crippen molar-refractivity contribution in [3.8, 4) is 0 Å². The Bertz CT molecular complexity index is 1710. The third-order valence-electron chi connectivity index (χ3n) is 9.06. The first-order valence-corrected chi connectivity index (χ1v) is 18.1. The third-order valence-corrected chi connectivity index (χ3v) is 12.1. The molecule has 5 rings (SSSR count). The fourth-order valence-corrected chi connectivity index (χ4v) is 9.07. The van der Waals surface area contributed by atoms with Crippen LogP contribution in [-0.2, 0) is 16.1 Å². The number of aliphatic hydroxyl groups is 1. The van der Waals surface area contributed by atoms with Crippen LogP contribution in [0, 0.1) is 0 Å². The Morgan fingerprint density at radius 1 is 0.776 bits per heavy atom. The second-order valence-electron chi connectivity index (χ2n) is 13.2. The van der Waals surface area contributed by atoms with Crippen LogP contribution in [0.25, 0.3) is 0 Å². The summed E-state index contributed by atoms with van der Waals surface area (Å²) in [6.45, 7) is 5.30. The minimum atomic E-state index is -1.58. The number of allylic oxidation sites excluding steroid dienone is 1. The zero-order valence-corrected chi connectivity index (χ0v) is 29.0. The minimum Gasteiger partial charge on any atom is -0.598 e. The SMILES string of the molecule is CC(C)(C)[S+]([O-])N[C@@H]1C/C=C\CC(CO)S[C@H]2O[C@@H]1[C@H](c1ccccc1C(=O)O)[C@H](c1ccccc1C(=O)O)[C@@H]2c1ccccc1C(=O)O. The van der Waals surface area contributed by atoms with Gasteiger partial charge in [0.25, 0.3) is 0 Å². The highest BCUT2D eigenvalue weighted by atomic mass is 32.2. The summed E-state index contributed by atoms with van der Waals surface area (Å²) in [7, 11) is 0. The zero-order chi connectivity index (χ0) is 35.5. The number of aromatic carboxylic acids is 3. The topological polar surface area (TPSA) is 176 Å². The number of benzene rings is 3. The van der Waals surface area contributed by atoms with Crippen molar-refractivity contribution < 1.29 is 44.1 Å². The predicted molar refractivity (Wildman–Crippen MR) is 189 cm³/mol. The molecule has 1 fully saturated rings. The number of thioether (sulfide) groups is 1. The molecule has 0 aliphatic carbocycles. The Labute approximate surface area is 292 Å². The van der Waals surface area contributed by atoms with Gasteiger partial charge in [-0.05, 0) is 68.5 Å². The molecular formula is C37H41NO9S2. The van der Waals surface area contributed by atoms with Crippen LogP contribution < -0.4 is 4.72 Å². The predicted octanol–water partition coefficient (Wildman–Crippen LogP) is 6.02. The van der Waals surface area contributed by atoms with Gasteiger partial charge in [0.1, 0.15) is 10.2 Å². The molecule has 260 valence electrons. The lowest BCUT2D eigenvalue weighted by Crippen LogP contribution is -2.56. The summed E-state index contributed by atoms with van der Waals surface area (Å²) < 4.78 is 23.4. The summed E-state index contributed by atoms with van der Waals surface area (Å²) in [6.07, 6.45) is 3.79. The van der Waals surface area contributed by atoms with Crippen molar-refractivity contribution in [2.24, 2.45) is 0 Å². The first-order valence-electron chi connectivity index (χ1n) is 16.0. The quantitative estimate of drug-likeness (QED) is 0.130. The van der Waals surface area contributed by atoms with Crippen molar-refractivity contribution in [2.45, 2.75) is 78.9 Å². The number of rotatable bonds is 9. The van der Waals surface area contributed by atoms with E-state index in [1.54, 1.807) is 54.6 Å². The van der Waals surface area contributed by atoms with Gasteiger partial charge < -0.3 is 29.7 Å². The Hall–Kier alpha value is -3.65. The number of hydrogen-bond acceptors (Lipinski definition) is 8. The van der Waals surface area contributed by atoms with Gasteiger partial charge in [-0.25, -0.2) is 14.4 Å². The number of carboxylic acids is 3. The van der Waals surface area contributed by atoms with E-state index >= 15 is 0 Å². The van der Waals surface area contributed by atoms with Crippen molar-refractivity contribution in [1.29, 1.82) is 0 Å². The first-order chi connectivity index (χ1) is 23.3. The van der Waals surface area contributed by atoms with E-state index in [1.165, 1.54) is 30.0 Å². The molecule has 0 spiro atoms. The molecule has 1 saturated heterocycles. The molecular weight excluding hydrogens is 667 g/mol. The molecule has 2 bridgehead atoms. The second kappa shape index (κ2) is 15.5. The van der Waals surface area contributed by atoms with Crippen LogP contribution in [0.2, 0.25) is 0 Å². The third kappa shape index (κ3) is 7.90. The van der Waals surface area contributed by atoms with Crippen molar-refractivity contribution in [2.75, 3.05) is 6.61 Å². The molecule has 3 aromatic rings. The van der Waals surface area contributed by atoms with Crippen LogP contribution in [0.15, 0.2) is 84.9 Å². The van der Waals surface area contributed by atoms with E-state index in [-0.39, 0.29) is 28.5 Å². The fraction of sp³-hybridized carbons (Fsp3) is 0.378. The van der Waals surface area contributed by atoms with Gasteiger partial charge >= 0.3 is 17.9 Å². The van der Waals surface area contributed by atoms with Crippen molar-refractivity contribution in [1.82, 2.24) is 4.72 Å². The molecule has 2 heterocycles. The monoisotopic (exact) mass is 707 g/mol. The summed E-state index contributed by atoms with van der Waals surface area (Å²) >= 11 is -0.253. The van der Waals surface area contributed by atoms with Gasteiger partial charge in [-0.2, -0.15) is 0 Å². The molecule has 0 aromatic heterocycles. The minimum absolute atomic E-state index is 0.000671. The zero-order valence-electron chi connectivity index (χ0n) is 27.4. The molecule has 0 radical (unpaired) electrons. The van der Waals surface area contributed by atoms with E-state index in [4.69, 9.17) is 4.74 Å². The summed E-state index contributed by atoms with van der Waals surface area (Å²) in [5, 5.41) is 41.5. The molecule has 2 aliphatic rings. The maximum atomic E-state index is 13.7. The molecule has 49 heavy (non-hydrogen) atoms. The van der Waals surface area contributed by atoms with Crippen LogP contribution in [0.4, 0.5) is 0 Å². The average molecular weight is 708 g/mol. The van der Waals surface area contributed by atoms with Crippen LogP contribution in [0.5, 0.6) is 0 Å². The van der Waals surface area contributed by atoms with Gasteiger partial charge in [0, 0.05) is 34.4 Å². The van der Waals surface area contributed by atoms with Gasteiger partial charge in [0.2, 0.25) is 0 Å². The van der Waals surface area contributed by atoms with Crippen LogP contribution in [0.1, 0.15) is 99.1 Å². The van der Waals surface area contributed by atoms with E-state index < -0.39 is 69.4 Å². The first kappa shape index (κ1) is 36.6. The Morgan fingerprint density at radius 3 is 1.69 bits per heavy atom. The molecule has 10 nitrogen and oxygen atoms in total. The lowest BCUT2D eigenvalue weighted by atomic mass is 9.64. The van der Waals surface area contributed by atoms with Crippen molar-refractivity contribution in [3.63, 3.8) is 0 Å². The van der Waals surface area contributed by atoms with E-state index in [0.717, 1.165) is 0 Å². The summed E-state index contributed by atoms with van der Waals surface area (Å²) in [5.41, 5.74) is 0.289. The van der Waals surface area contributed by atoms with Gasteiger partial charge in [0.15, 0.2) is 0 Å². The summed E-state index contributed by atoms with van der Waals surface area (Å²) in [5.74, 6) is -6.11. The van der Waals surface area contributed by atoms with E-state index in [0.29, 0.717) is 29.5 Å². The second-order valence-corrected chi connectivity index (χ2v) is 16.6. The lowest BCUT2D eigenvalue weighted by molar-refractivity contribution is -0.0585. The van der Waals surface area contributed by atoms with Gasteiger partial charge in [-0.3, -0.25) is 0 Å². The molecule has 2 aliphatic heterocycles. The Kier molecular flexibility index (Phi) is 11.6. The number of ether oxygens (including phenoxy) is 1. The maximum Gasteiger partial charge on any atom is 0.335 e. The highest BCUT2D eigenvalue weighted by Gasteiger charge is 2.53. The largest absolute Gasteiger partial charge is 0.598 e. The van der Waals surface area contributed by atoms with Crippen molar-refractivity contribution in [3.05, 3.63) is 118 Å². The number of hydrogen-bond donors (Lipinski definition) is 5. The Morgan fingerprint density at radius 2 is 1.22 bits per heavy atom. The molecule has 8 atom stereocenters. The van der Waals surface area contributed by atoms with Gasteiger partial charge in [0.05, 0.1) is 35.4 Å². The number of fused-ring (bicyclic) bond motifs is 2. The maximum absolute atomic E-state index is 13.7. The highest BCUT2D eigenvalue weighted by molar-refractivity contribution is 8.00. The molecule has 0 saturated carbocycles. The molecule has 0 amide bonds. The lowest BCUT2D eigenvalue weighted by Gasteiger charge is -2.51. The smallest absolute Gasteiger partial charge is 0.335 e. The number of nitrogens with one attached hydrogen (secondary N) is 1. The normalized spacial score (nSPS) is 27.1. The fourth-order valence-electron chi connectivity index (χ4n) is 6.84. The van der Waals surface area contributed by atoms with Crippen molar-refractivity contribution >= 4 is 41.0 Å². The van der Waals surface area contributed by atoms with Crippen LogP contribution in [0.3, 0.4) is 0 Å². The van der Waals surface area contributed by atoms with Gasteiger partial charge in [-0.1, -0.05) is 66.7 Å². The van der Waals surface area contributed by atoms with E-state index in [1.807, 2.05) is 32.9 Å². The molecule has 2 unspecified atom stereocenters. The summed E-state index contributed by atoms with van der Waals surface area (Å²) in [4.78, 5) is 38.4. The molecule has 5 N–H and O–H groups in total. The van der Waals surface area contributed by atoms with Crippen LogP contribution in [-0.4, -0.2) is 77.1 Å². The Balaban J connectivity index is 1.90. The molecule has 3 aromatic carbocycles. The molecule has 12 heteroatoms. The summed E-state index contributed by atoms with van der Waals surface area (Å²) in [6, 6.07) is 18.8. The number of carboxylic acid groups (broad SMARTS) is 3. The van der Waals surface area contributed by atoms with Gasteiger partial charge in [-0.15, -0.1) is 16.5 Å². The van der Waals surface area contributed by atoms with E-state index in [9.17, 15) is 39.4 Å². The van der Waals surface area contributed by atoms with Crippen LogP contribution >= 0.6 is 11.8 Å².